The lowest BCUT2D eigenvalue weighted by Crippen LogP contribution is -2.23. The van der Waals surface area contributed by atoms with E-state index in [0.717, 1.165) is 0 Å². The van der Waals surface area contributed by atoms with Crippen molar-refractivity contribution in [1.82, 2.24) is 0 Å². The summed E-state index contributed by atoms with van der Waals surface area (Å²) in [5.74, 6) is -0.402. The zero-order chi connectivity index (χ0) is 7.98. The van der Waals surface area contributed by atoms with Crippen LogP contribution in [0.3, 0.4) is 0 Å². The minimum absolute atomic E-state index is 0.00958. The van der Waals surface area contributed by atoms with Gasteiger partial charge in [-0.15, -0.1) is 0 Å². The summed E-state index contributed by atoms with van der Waals surface area (Å²) >= 11 is 0. The van der Waals surface area contributed by atoms with Crippen LogP contribution in [-0.2, 0) is 9.53 Å². The van der Waals surface area contributed by atoms with Gasteiger partial charge in [-0.3, -0.25) is 4.79 Å². The number of nitrogens with two attached hydrogens (primary N) is 1. The SMILES string of the molecule is CCOC(=O)C[C@@H](O)CN. The number of carbonyl (C=O) groups excluding carboxylic acids is 1. The highest BCUT2D eigenvalue weighted by Crippen LogP contribution is 1.91. The van der Waals surface area contributed by atoms with E-state index in [-0.39, 0.29) is 13.0 Å². The van der Waals surface area contributed by atoms with Crippen LogP contribution in [-0.4, -0.2) is 30.3 Å². The van der Waals surface area contributed by atoms with Crippen LogP contribution in [0.25, 0.3) is 0 Å². The van der Waals surface area contributed by atoms with E-state index in [1.807, 2.05) is 0 Å². The summed E-state index contributed by atoms with van der Waals surface area (Å²) in [7, 11) is 0. The van der Waals surface area contributed by atoms with Crippen molar-refractivity contribution in [2.45, 2.75) is 19.4 Å². The maximum atomic E-state index is 10.6. The van der Waals surface area contributed by atoms with Crippen molar-refractivity contribution in [2.75, 3.05) is 13.2 Å². The monoisotopic (exact) mass is 147 g/mol. The van der Waals surface area contributed by atoms with Crippen LogP contribution in [0.2, 0.25) is 0 Å². The Bertz CT molecular complexity index is 105. The fourth-order valence-corrected chi connectivity index (χ4v) is 0.496. The molecule has 60 valence electrons. The molecule has 3 N–H and O–H groups in total. The molecule has 0 aromatic heterocycles. The van der Waals surface area contributed by atoms with E-state index in [0.29, 0.717) is 6.61 Å². The number of carbonyl (C=O) groups is 1. The Kier molecular flexibility index (Phi) is 4.88. The number of rotatable bonds is 4. The van der Waals surface area contributed by atoms with E-state index in [9.17, 15) is 4.79 Å². The van der Waals surface area contributed by atoms with E-state index < -0.39 is 12.1 Å². The number of aliphatic hydroxyl groups is 1. The van der Waals surface area contributed by atoms with Crippen molar-refractivity contribution in [3.63, 3.8) is 0 Å². The van der Waals surface area contributed by atoms with Crippen LogP contribution < -0.4 is 5.73 Å². The third-order valence-corrected chi connectivity index (χ3v) is 0.980. The summed E-state index contributed by atoms with van der Waals surface area (Å²) in [6.07, 6.45) is -0.774. The van der Waals surface area contributed by atoms with E-state index in [2.05, 4.69) is 4.74 Å². The lowest BCUT2D eigenvalue weighted by atomic mass is 10.2. The molecule has 0 rings (SSSR count). The number of esters is 1. The summed E-state index contributed by atoms with van der Waals surface area (Å²) in [4.78, 5) is 10.6. The largest absolute Gasteiger partial charge is 0.466 e. The Balaban J connectivity index is 3.37. The van der Waals surface area contributed by atoms with E-state index >= 15 is 0 Å². The normalized spacial score (nSPS) is 12.7. The predicted octanol–water partition coefficient (Wildman–Crippen LogP) is -0.741. The highest BCUT2D eigenvalue weighted by Gasteiger charge is 2.08. The predicted molar refractivity (Wildman–Crippen MR) is 36.3 cm³/mol. The van der Waals surface area contributed by atoms with Crippen LogP contribution in [0.1, 0.15) is 13.3 Å². The zero-order valence-electron chi connectivity index (χ0n) is 6.04. The summed E-state index contributed by atoms with van der Waals surface area (Å²) < 4.78 is 4.56. The smallest absolute Gasteiger partial charge is 0.308 e. The molecule has 0 bridgehead atoms. The molecule has 4 heteroatoms. The zero-order valence-corrected chi connectivity index (χ0v) is 6.04. The molecule has 1 atom stereocenters. The molecule has 0 aliphatic heterocycles. The summed E-state index contributed by atoms with van der Waals surface area (Å²) in [6.45, 7) is 2.15. The van der Waals surface area contributed by atoms with Crippen molar-refractivity contribution in [3.05, 3.63) is 0 Å². The Hall–Kier alpha value is -0.610. The molecule has 0 aromatic rings. The second-order valence-corrected chi connectivity index (χ2v) is 1.90. The maximum absolute atomic E-state index is 10.6. The van der Waals surface area contributed by atoms with Gasteiger partial charge in [0.15, 0.2) is 0 Å². The van der Waals surface area contributed by atoms with Crippen molar-refractivity contribution in [2.24, 2.45) is 5.73 Å². The van der Waals surface area contributed by atoms with Gasteiger partial charge < -0.3 is 15.6 Å². The van der Waals surface area contributed by atoms with Crippen molar-refractivity contribution >= 4 is 5.97 Å². The molecule has 0 fully saturated rings. The van der Waals surface area contributed by atoms with Gasteiger partial charge in [0.2, 0.25) is 0 Å². The fourth-order valence-electron chi connectivity index (χ4n) is 0.496. The molecule has 0 spiro atoms. The average Bonchev–Trinajstić information content (AvgIpc) is 1.88. The first-order chi connectivity index (χ1) is 4.70. The van der Waals surface area contributed by atoms with Gasteiger partial charge in [0, 0.05) is 6.54 Å². The standard InChI is InChI=1S/C6H13NO3/c1-2-10-6(9)3-5(8)4-7/h5,8H,2-4,7H2,1H3/t5-/m1/s1. The van der Waals surface area contributed by atoms with Gasteiger partial charge in [0.1, 0.15) is 0 Å². The van der Waals surface area contributed by atoms with Gasteiger partial charge in [0.25, 0.3) is 0 Å². The van der Waals surface area contributed by atoms with Crippen molar-refractivity contribution in [3.8, 4) is 0 Å². The van der Waals surface area contributed by atoms with Gasteiger partial charge in [0.05, 0.1) is 19.1 Å². The Morgan fingerprint density at radius 1 is 1.80 bits per heavy atom. The molecule has 0 heterocycles. The molecule has 0 aliphatic rings. The Morgan fingerprint density at radius 3 is 2.80 bits per heavy atom. The van der Waals surface area contributed by atoms with Gasteiger partial charge in [-0.25, -0.2) is 0 Å². The van der Waals surface area contributed by atoms with Crippen LogP contribution in [0.5, 0.6) is 0 Å². The van der Waals surface area contributed by atoms with Crippen LogP contribution in [0.4, 0.5) is 0 Å². The molecule has 0 aliphatic carbocycles. The number of hydrogen-bond donors (Lipinski definition) is 2. The van der Waals surface area contributed by atoms with E-state index in [4.69, 9.17) is 10.8 Å². The van der Waals surface area contributed by atoms with Gasteiger partial charge in [-0.05, 0) is 6.92 Å². The first-order valence-corrected chi connectivity index (χ1v) is 3.24. The van der Waals surface area contributed by atoms with Crippen LogP contribution in [0, 0.1) is 0 Å². The minimum atomic E-state index is -0.765. The lowest BCUT2D eigenvalue weighted by Gasteiger charge is -2.05. The molecule has 0 radical (unpaired) electrons. The highest BCUT2D eigenvalue weighted by molar-refractivity contribution is 5.69. The first-order valence-electron chi connectivity index (χ1n) is 3.24. The summed E-state index contributed by atoms with van der Waals surface area (Å²) in [5, 5.41) is 8.83. The molecule has 4 nitrogen and oxygen atoms in total. The molecule has 0 saturated carbocycles. The van der Waals surface area contributed by atoms with Gasteiger partial charge in [-0.1, -0.05) is 0 Å². The molecule has 0 unspecified atom stereocenters. The topological polar surface area (TPSA) is 72.5 Å². The van der Waals surface area contributed by atoms with Crippen molar-refractivity contribution < 1.29 is 14.6 Å². The maximum Gasteiger partial charge on any atom is 0.308 e. The van der Waals surface area contributed by atoms with E-state index in [1.165, 1.54) is 0 Å². The van der Waals surface area contributed by atoms with Gasteiger partial charge >= 0.3 is 5.97 Å². The van der Waals surface area contributed by atoms with E-state index in [1.54, 1.807) is 6.92 Å². The lowest BCUT2D eigenvalue weighted by molar-refractivity contribution is -0.145. The summed E-state index contributed by atoms with van der Waals surface area (Å²) in [5.41, 5.74) is 5.06. The molecule has 0 saturated heterocycles. The third-order valence-electron chi connectivity index (χ3n) is 0.980. The second kappa shape index (κ2) is 5.20. The van der Waals surface area contributed by atoms with Gasteiger partial charge in [-0.2, -0.15) is 0 Å². The number of hydrogen-bond acceptors (Lipinski definition) is 4. The fraction of sp³-hybridized carbons (Fsp3) is 0.833. The number of aliphatic hydroxyl groups excluding tert-OH is 1. The molecule has 0 aromatic carbocycles. The summed E-state index contributed by atoms with van der Waals surface area (Å²) in [6, 6.07) is 0. The molecule has 0 amide bonds. The Morgan fingerprint density at radius 2 is 2.40 bits per heavy atom. The third kappa shape index (κ3) is 4.29. The second-order valence-electron chi connectivity index (χ2n) is 1.90. The number of ether oxygens (including phenoxy) is 1. The molecule has 10 heavy (non-hydrogen) atoms. The highest BCUT2D eigenvalue weighted by atomic mass is 16.5. The average molecular weight is 147 g/mol. The first kappa shape index (κ1) is 9.39. The van der Waals surface area contributed by atoms with Crippen molar-refractivity contribution in [1.29, 1.82) is 0 Å². The minimum Gasteiger partial charge on any atom is -0.466 e. The molecular formula is C6H13NO3. The van der Waals surface area contributed by atoms with Crippen LogP contribution in [0.15, 0.2) is 0 Å². The molecular weight excluding hydrogens is 134 g/mol. The quantitative estimate of drug-likeness (QED) is 0.514. The van der Waals surface area contributed by atoms with Crippen LogP contribution >= 0.6 is 0 Å². The Labute approximate surface area is 60.0 Å².